The molecule has 1 saturated carbocycles. The lowest BCUT2D eigenvalue weighted by Gasteiger charge is -2.28. The van der Waals surface area contributed by atoms with Crippen LogP contribution in [0.25, 0.3) is 0 Å². The molecular weight excluding hydrogens is 391 g/mol. The van der Waals surface area contributed by atoms with Crippen molar-refractivity contribution in [2.24, 2.45) is 26.6 Å². The SMILES string of the molecule is NC=C(C=NC1CCC(NI)CC1)C1NC=NC2=NCCC21. The van der Waals surface area contributed by atoms with E-state index in [1.165, 1.54) is 12.8 Å². The van der Waals surface area contributed by atoms with E-state index in [2.05, 4.69) is 41.7 Å². The van der Waals surface area contributed by atoms with Crippen molar-refractivity contribution in [2.75, 3.05) is 6.54 Å². The first-order chi connectivity index (χ1) is 10.8. The predicted octanol–water partition coefficient (Wildman–Crippen LogP) is 1.57. The molecule has 7 heteroatoms. The Morgan fingerprint density at radius 3 is 2.91 bits per heavy atom. The summed E-state index contributed by atoms with van der Waals surface area (Å²) in [5.41, 5.74) is 6.90. The Labute approximate surface area is 145 Å². The molecule has 0 bridgehead atoms. The molecule has 2 heterocycles. The summed E-state index contributed by atoms with van der Waals surface area (Å²) in [5.74, 6) is 1.27. The summed E-state index contributed by atoms with van der Waals surface area (Å²) in [6.45, 7) is 0.859. The molecule has 2 aliphatic heterocycles. The number of nitrogens with zero attached hydrogens (tertiary/aromatic N) is 3. The van der Waals surface area contributed by atoms with Gasteiger partial charge in [0.2, 0.25) is 0 Å². The minimum atomic E-state index is 0.153. The van der Waals surface area contributed by atoms with Crippen LogP contribution >= 0.6 is 22.9 Å². The largest absolute Gasteiger partial charge is 0.404 e. The molecule has 22 heavy (non-hydrogen) atoms. The third kappa shape index (κ3) is 3.51. The average molecular weight is 414 g/mol. The Balaban J connectivity index is 1.62. The van der Waals surface area contributed by atoms with E-state index in [0.29, 0.717) is 18.0 Å². The van der Waals surface area contributed by atoms with E-state index in [9.17, 15) is 0 Å². The van der Waals surface area contributed by atoms with E-state index in [1.54, 1.807) is 12.5 Å². The molecule has 6 nitrogen and oxygen atoms in total. The first-order valence-electron chi connectivity index (χ1n) is 7.96. The van der Waals surface area contributed by atoms with Crippen LogP contribution in [0.15, 0.2) is 26.8 Å². The highest BCUT2D eigenvalue weighted by Crippen LogP contribution is 2.26. The van der Waals surface area contributed by atoms with Gasteiger partial charge in [-0.3, -0.25) is 13.5 Å². The monoisotopic (exact) mass is 414 g/mol. The highest BCUT2D eigenvalue weighted by atomic mass is 127. The summed E-state index contributed by atoms with van der Waals surface area (Å²) in [4.78, 5) is 13.6. The highest BCUT2D eigenvalue weighted by Gasteiger charge is 2.33. The van der Waals surface area contributed by atoms with Crippen LogP contribution in [-0.4, -0.2) is 43.1 Å². The van der Waals surface area contributed by atoms with E-state index in [4.69, 9.17) is 10.7 Å². The molecule has 0 aromatic rings. The molecule has 120 valence electrons. The van der Waals surface area contributed by atoms with Gasteiger partial charge in [-0.25, -0.2) is 4.99 Å². The lowest BCUT2D eigenvalue weighted by molar-refractivity contribution is 0.388. The summed E-state index contributed by atoms with van der Waals surface area (Å²) in [7, 11) is 0. The second-order valence-corrected chi connectivity index (χ2v) is 6.72. The van der Waals surface area contributed by atoms with Crippen molar-refractivity contribution in [3.8, 4) is 0 Å². The van der Waals surface area contributed by atoms with Crippen LogP contribution in [0, 0.1) is 5.92 Å². The topological polar surface area (TPSA) is 87.2 Å². The number of halogens is 1. The lowest BCUT2D eigenvalue weighted by atomic mass is 9.90. The van der Waals surface area contributed by atoms with E-state index in [1.807, 2.05) is 6.21 Å². The van der Waals surface area contributed by atoms with Crippen molar-refractivity contribution in [1.82, 2.24) is 8.85 Å². The van der Waals surface area contributed by atoms with Gasteiger partial charge in [-0.1, -0.05) is 0 Å². The fourth-order valence-corrected chi connectivity index (χ4v) is 4.02. The lowest BCUT2D eigenvalue weighted by Crippen LogP contribution is -2.43. The van der Waals surface area contributed by atoms with Crippen LogP contribution in [0.5, 0.6) is 0 Å². The molecule has 4 N–H and O–H groups in total. The van der Waals surface area contributed by atoms with Gasteiger partial charge in [0.15, 0.2) is 0 Å². The average Bonchev–Trinajstić information content (AvgIpc) is 3.05. The summed E-state index contributed by atoms with van der Waals surface area (Å²) in [5, 5.41) is 3.32. The minimum absolute atomic E-state index is 0.153. The molecule has 3 aliphatic rings. The Morgan fingerprint density at radius 1 is 1.36 bits per heavy atom. The number of aliphatic imine (C=N–C) groups is 3. The zero-order chi connectivity index (χ0) is 15.4. The molecule has 3 rings (SSSR count). The first-order valence-corrected chi connectivity index (χ1v) is 9.03. The van der Waals surface area contributed by atoms with Crippen LogP contribution in [-0.2, 0) is 0 Å². The number of fused-ring (bicyclic) bond motifs is 1. The Morgan fingerprint density at radius 2 is 2.18 bits per heavy atom. The number of hydrogen-bond acceptors (Lipinski definition) is 6. The van der Waals surface area contributed by atoms with Crippen molar-refractivity contribution in [2.45, 2.75) is 50.2 Å². The summed E-state index contributed by atoms with van der Waals surface area (Å²) in [6, 6.07) is 1.22. The summed E-state index contributed by atoms with van der Waals surface area (Å²) in [6.07, 6.45) is 11.1. The maximum atomic E-state index is 5.86. The standard InChI is InChI=1S/C15H23IN6/c16-22-12-3-1-11(2-4-12)19-8-10(7-17)14-13-5-6-18-15(13)21-9-20-14/h7-9,11-14,22H,1-6,17H2,(H,18,20,21). The van der Waals surface area contributed by atoms with Gasteiger partial charge < -0.3 is 11.1 Å². The molecule has 2 unspecified atom stereocenters. The molecule has 0 saturated heterocycles. The number of amidine groups is 1. The van der Waals surface area contributed by atoms with E-state index < -0.39 is 0 Å². The number of rotatable bonds is 4. The van der Waals surface area contributed by atoms with Gasteiger partial charge in [0, 0.05) is 59.4 Å². The maximum Gasteiger partial charge on any atom is 0.130 e. The Kier molecular flexibility index (Phi) is 5.46. The molecular formula is C15H23IN6. The number of hydrogen-bond donors (Lipinski definition) is 3. The zero-order valence-corrected chi connectivity index (χ0v) is 14.7. The Hall–Kier alpha value is -0.960. The third-order valence-electron chi connectivity index (χ3n) is 4.74. The van der Waals surface area contributed by atoms with Gasteiger partial charge in [0.05, 0.1) is 18.4 Å². The first kappa shape index (κ1) is 15.9. The molecule has 1 aliphatic carbocycles. The van der Waals surface area contributed by atoms with Crippen molar-refractivity contribution in [3.05, 3.63) is 11.8 Å². The second kappa shape index (κ2) is 7.54. The number of nitrogens with two attached hydrogens (primary N) is 1. The normalized spacial score (nSPS) is 35.3. The van der Waals surface area contributed by atoms with Crippen LogP contribution < -0.4 is 14.6 Å². The van der Waals surface area contributed by atoms with Gasteiger partial charge in [-0.05, 0) is 32.1 Å². The van der Waals surface area contributed by atoms with E-state index in [-0.39, 0.29) is 6.04 Å². The molecule has 1 fully saturated rings. The van der Waals surface area contributed by atoms with Crippen molar-refractivity contribution >= 4 is 41.3 Å². The van der Waals surface area contributed by atoms with Gasteiger partial charge in [-0.2, -0.15) is 0 Å². The fourth-order valence-electron chi connectivity index (χ4n) is 3.40. The highest BCUT2D eigenvalue weighted by molar-refractivity contribution is 14.1. The van der Waals surface area contributed by atoms with Gasteiger partial charge >= 0.3 is 0 Å². The summed E-state index contributed by atoms with van der Waals surface area (Å²) >= 11 is 2.25. The van der Waals surface area contributed by atoms with Crippen LogP contribution in [0.2, 0.25) is 0 Å². The quantitative estimate of drug-likeness (QED) is 0.371. The van der Waals surface area contributed by atoms with Crippen LogP contribution in [0.3, 0.4) is 0 Å². The molecule has 0 amide bonds. The molecule has 0 spiro atoms. The Bertz CT molecular complexity index is 504. The van der Waals surface area contributed by atoms with E-state index in [0.717, 1.165) is 37.2 Å². The van der Waals surface area contributed by atoms with Crippen molar-refractivity contribution in [3.63, 3.8) is 0 Å². The number of nitrogens with one attached hydrogen (secondary N) is 2. The molecule has 2 atom stereocenters. The predicted molar refractivity (Wildman–Crippen MR) is 99.8 cm³/mol. The summed E-state index contributed by atoms with van der Waals surface area (Å²) < 4.78 is 3.33. The molecule has 0 aromatic heterocycles. The molecule has 0 aromatic carbocycles. The van der Waals surface area contributed by atoms with Crippen molar-refractivity contribution in [1.29, 1.82) is 0 Å². The second-order valence-electron chi connectivity index (χ2n) is 6.10. The van der Waals surface area contributed by atoms with E-state index >= 15 is 0 Å². The van der Waals surface area contributed by atoms with Gasteiger partial charge in [-0.15, -0.1) is 0 Å². The fraction of sp³-hybridized carbons (Fsp3) is 0.667. The van der Waals surface area contributed by atoms with Crippen molar-refractivity contribution < 1.29 is 0 Å². The zero-order valence-electron chi connectivity index (χ0n) is 12.6. The molecule has 0 radical (unpaired) electrons. The van der Waals surface area contributed by atoms with Gasteiger partial charge in [0.25, 0.3) is 0 Å². The maximum absolute atomic E-state index is 5.86. The minimum Gasteiger partial charge on any atom is -0.404 e. The van der Waals surface area contributed by atoms with Crippen LogP contribution in [0.1, 0.15) is 32.1 Å². The van der Waals surface area contributed by atoms with Crippen LogP contribution in [0.4, 0.5) is 0 Å². The third-order valence-corrected chi connectivity index (χ3v) is 5.62. The van der Waals surface area contributed by atoms with Gasteiger partial charge in [0.1, 0.15) is 5.84 Å². The smallest absolute Gasteiger partial charge is 0.130 e.